The topological polar surface area (TPSA) is 42.7 Å². The van der Waals surface area contributed by atoms with Crippen LogP contribution in [0.5, 0.6) is 0 Å². The van der Waals surface area contributed by atoms with Crippen molar-refractivity contribution < 1.29 is 0 Å². The lowest BCUT2D eigenvalue weighted by Crippen LogP contribution is -2.40. The number of nitrogens with zero attached hydrogens (tertiary/aromatic N) is 3. The minimum Gasteiger partial charge on any atom is -0.306 e. The number of aryl methyl sites for hydroxylation is 1. The largest absolute Gasteiger partial charge is 0.306 e. The van der Waals surface area contributed by atoms with Crippen molar-refractivity contribution in [3.63, 3.8) is 0 Å². The summed E-state index contributed by atoms with van der Waals surface area (Å²) in [6.45, 7) is 2.99. The van der Waals surface area contributed by atoms with Crippen molar-refractivity contribution in [2.45, 2.75) is 44.8 Å². The van der Waals surface area contributed by atoms with Crippen LogP contribution < -0.4 is 5.32 Å². The second-order valence-corrected chi connectivity index (χ2v) is 5.68. The van der Waals surface area contributed by atoms with Crippen molar-refractivity contribution in [3.05, 3.63) is 35.5 Å². The predicted molar refractivity (Wildman–Crippen MR) is 73.7 cm³/mol. The van der Waals surface area contributed by atoms with Crippen LogP contribution in [0, 0.1) is 6.92 Å². The Balaban J connectivity index is 1.77. The molecule has 0 saturated heterocycles. The highest BCUT2D eigenvalue weighted by Crippen LogP contribution is 2.35. The summed E-state index contributed by atoms with van der Waals surface area (Å²) in [6, 6.07) is 9.66. The van der Waals surface area contributed by atoms with Gasteiger partial charge in [-0.2, -0.15) is 0 Å². The minimum absolute atomic E-state index is 0.510. The van der Waals surface area contributed by atoms with Crippen LogP contribution in [0.1, 0.15) is 36.6 Å². The smallest absolute Gasteiger partial charge is 0.117 e. The first-order valence-electron chi connectivity index (χ1n) is 7.07. The van der Waals surface area contributed by atoms with Crippen LogP contribution >= 0.6 is 0 Å². The Kier molecular flexibility index (Phi) is 2.45. The highest BCUT2D eigenvalue weighted by Gasteiger charge is 2.35. The zero-order valence-corrected chi connectivity index (χ0v) is 11.1. The van der Waals surface area contributed by atoms with Gasteiger partial charge in [0, 0.05) is 18.2 Å². The van der Waals surface area contributed by atoms with Crippen LogP contribution in [-0.4, -0.2) is 21.0 Å². The van der Waals surface area contributed by atoms with Gasteiger partial charge < -0.3 is 5.32 Å². The van der Waals surface area contributed by atoms with E-state index >= 15 is 0 Å². The Morgan fingerprint density at radius 2 is 2.05 bits per heavy atom. The molecule has 19 heavy (non-hydrogen) atoms. The van der Waals surface area contributed by atoms with Gasteiger partial charge in [-0.3, -0.25) is 0 Å². The number of rotatable bonds is 1. The van der Waals surface area contributed by atoms with Crippen LogP contribution in [0.4, 0.5) is 0 Å². The Morgan fingerprint density at radius 3 is 2.89 bits per heavy atom. The van der Waals surface area contributed by atoms with E-state index in [0.717, 1.165) is 12.2 Å². The molecule has 4 nitrogen and oxygen atoms in total. The molecule has 0 unspecified atom stereocenters. The van der Waals surface area contributed by atoms with Crippen molar-refractivity contribution >= 4 is 0 Å². The average Bonchev–Trinajstić information content (AvgIpc) is 3.04. The number of benzene rings is 1. The molecule has 1 aliphatic carbocycles. The predicted octanol–water partition coefficient (Wildman–Crippen LogP) is 2.45. The zero-order chi connectivity index (χ0) is 12.8. The number of hydrogen-bond donors (Lipinski definition) is 1. The summed E-state index contributed by atoms with van der Waals surface area (Å²) in [5.41, 5.74) is 4.73. The maximum atomic E-state index is 4.43. The van der Waals surface area contributed by atoms with Crippen molar-refractivity contribution in [1.29, 1.82) is 0 Å². The first-order valence-corrected chi connectivity index (χ1v) is 7.07. The van der Waals surface area contributed by atoms with Gasteiger partial charge in [0.05, 0.1) is 11.7 Å². The molecule has 1 N–H and O–H groups in total. The summed E-state index contributed by atoms with van der Waals surface area (Å²) in [4.78, 5) is 0. The molecule has 4 rings (SSSR count). The highest BCUT2D eigenvalue weighted by molar-refractivity contribution is 5.61. The molecule has 1 saturated carbocycles. The molecule has 2 atom stereocenters. The summed E-state index contributed by atoms with van der Waals surface area (Å²) >= 11 is 0. The lowest BCUT2D eigenvalue weighted by molar-refractivity contribution is 0.309. The van der Waals surface area contributed by atoms with Gasteiger partial charge >= 0.3 is 0 Å². The van der Waals surface area contributed by atoms with E-state index in [-0.39, 0.29) is 0 Å². The van der Waals surface area contributed by atoms with Crippen molar-refractivity contribution in [2.24, 2.45) is 0 Å². The van der Waals surface area contributed by atoms with E-state index in [1.807, 2.05) is 0 Å². The van der Waals surface area contributed by atoms with Crippen molar-refractivity contribution in [1.82, 2.24) is 20.3 Å². The minimum atomic E-state index is 0.510. The molecule has 1 aromatic carbocycles. The van der Waals surface area contributed by atoms with E-state index in [2.05, 4.69) is 51.5 Å². The Labute approximate surface area is 112 Å². The molecule has 0 bridgehead atoms. The standard InChI is InChI=1S/C15H18N4/c1-10-5-7-11(8-6-10)15-14-9-16-12-3-2-4-13(12)19(14)18-17-15/h5-8,12-13,16H,2-4,9H2,1H3/t12-,13-/m0/s1. The lowest BCUT2D eigenvalue weighted by atomic mass is 10.0. The second kappa shape index (κ2) is 4.17. The third-order valence-electron chi connectivity index (χ3n) is 4.44. The molecule has 1 fully saturated rings. The molecular formula is C15H18N4. The van der Waals surface area contributed by atoms with Gasteiger partial charge in [-0.05, 0) is 26.2 Å². The van der Waals surface area contributed by atoms with E-state index in [1.165, 1.54) is 36.1 Å². The van der Waals surface area contributed by atoms with Crippen LogP contribution in [0.3, 0.4) is 0 Å². The van der Waals surface area contributed by atoms with E-state index < -0.39 is 0 Å². The maximum Gasteiger partial charge on any atom is 0.117 e. The van der Waals surface area contributed by atoms with E-state index in [1.54, 1.807) is 0 Å². The first-order chi connectivity index (χ1) is 9.33. The van der Waals surface area contributed by atoms with Crippen molar-refractivity contribution in [3.8, 4) is 11.3 Å². The molecule has 4 heteroatoms. The molecular weight excluding hydrogens is 236 g/mol. The van der Waals surface area contributed by atoms with Gasteiger partial charge in [-0.1, -0.05) is 35.0 Å². The summed E-state index contributed by atoms with van der Waals surface area (Å²) < 4.78 is 2.17. The molecule has 1 aliphatic heterocycles. The maximum absolute atomic E-state index is 4.43. The fraction of sp³-hybridized carbons (Fsp3) is 0.467. The first kappa shape index (κ1) is 11.2. The SMILES string of the molecule is Cc1ccc(-c2nnn3c2CN[C@H]2CCC[C@@H]23)cc1. The molecule has 2 heterocycles. The van der Waals surface area contributed by atoms with E-state index in [0.29, 0.717) is 12.1 Å². The highest BCUT2D eigenvalue weighted by atomic mass is 15.5. The van der Waals surface area contributed by atoms with E-state index in [9.17, 15) is 0 Å². The van der Waals surface area contributed by atoms with Crippen LogP contribution in [0.25, 0.3) is 11.3 Å². The fourth-order valence-corrected chi connectivity index (χ4v) is 3.38. The summed E-state index contributed by atoms with van der Waals surface area (Å²) in [5, 5.41) is 12.5. The van der Waals surface area contributed by atoms with Gasteiger partial charge in [0.1, 0.15) is 5.69 Å². The third-order valence-corrected chi connectivity index (χ3v) is 4.44. The second-order valence-electron chi connectivity index (χ2n) is 5.68. The van der Waals surface area contributed by atoms with Crippen LogP contribution in [-0.2, 0) is 6.54 Å². The molecule has 2 aromatic rings. The lowest BCUT2D eigenvalue weighted by Gasteiger charge is -2.28. The molecule has 0 spiro atoms. The molecule has 0 amide bonds. The number of nitrogens with one attached hydrogen (secondary N) is 1. The Morgan fingerprint density at radius 1 is 1.21 bits per heavy atom. The van der Waals surface area contributed by atoms with Gasteiger partial charge in [0.15, 0.2) is 0 Å². The monoisotopic (exact) mass is 254 g/mol. The molecule has 0 radical (unpaired) electrons. The number of fused-ring (bicyclic) bond motifs is 3. The number of aromatic nitrogens is 3. The van der Waals surface area contributed by atoms with Crippen LogP contribution in [0.2, 0.25) is 0 Å². The van der Waals surface area contributed by atoms with E-state index in [4.69, 9.17) is 0 Å². The Bertz CT molecular complexity index is 599. The third kappa shape index (κ3) is 1.70. The van der Waals surface area contributed by atoms with Gasteiger partial charge in [-0.15, -0.1) is 5.10 Å². The summed E-state index contributed by atoms with van der Waals surface area (Å²) in [6.07, 6.45) is 3.78. The normalized spacial score (nSPS) is 25.1. The van der Waals surface area contributed by atoms with Crippen LogP contribution in [0.15, 0.2) is 24.3 Å². The molecule has 2 aliphatic rings. The molecule has 1 aromatic heterocycles. The fourth-order valence-electron chi connectivity index (χ4n) is 3.38. The van der Waals surface area contributed by atoms with Gasteiger partial charge in [-0.25, -0.2) is 4.68 Å². The van der Waals surface area contributed by atoms with Gasteiger partial charge in [0.25, 0.3) is 0 Å². The quantitative estimate of drug-likeness (QED) is 0.850. The molecule has 98 valence electrons. The summed E-state index contributed by atoms with van der Waals surface area (Å²) in [5.74, 6) is 0. The number of hydrogen-bond acceptors (Lipinski definition) is 3. The van der Waals surface area contributed by atoms with Crippen molar-refractivity contribution in [2.75, 3.05) is 0 Å². The zero-order valence-electron chi connectivity index (χ0n) is 11.1. The Hall–Kier alpha value is -1.68. The average molecular weight is 254 g/mol. The summed E-state index contributed by atoms with van der Waals surface area (Å²) in [7, 11) is 0. The van der Waals surface area contributed by atoms with Gasteiger partial charge in [0.2, 0.25) is 0 Å².